The SMILES string of the molecule is CCS(=O)(=O)N1CCCC2(COCCN(c3ncccc3F)C2)C1. The number of pyridine rings is 1. The molecule has 1 unspecified atom stereocenters. The number of halogens is 1. The van der Waals surface area contributed by atoms with Crippen molar-refractivity contribution < 1.29 is 17.5 Å². The maximum absolute atomic E-state index is 14.1. The second-order valence-electron chi connectivity index (χ2n) is 6.62. The standard InChI is InChI=1S/C16H24FN3O3S/c1-2-24(21,22)20-8-4-6-16(12-20)11-19(9-10-23-13-16)15-14(17)5-3-7-18-15/h3,5,7H,2,4,6,8-13H2,1H3. The van der Waals surface area contributed by atoms with Crippen LogP contribution in [0.15, 0.2) is 18.3 Å². The Balaban J connectivity index is 1.85. The van der Waals surface area contributed by atoms with E-state index in [1.807, 2.05) is 4.90 Å². The molecule has 3 heterocycles. The Morgan fingerprint density at radius 1 is 1.38 bits per heavy atom. The van der Waals surface area contributed by atoms with Crippen molar-refractivity contribution in [3.8, 4) is 0 Å². The number of nitrogens with zero attached hydrogens (tertiary/aromatic N) is 3. The molecule has 0 amide bonds. The van der Waals surface area contributed by atoms with Gasteiger partial charge in [-0.15, -0.1) is 0 Å². The van der Waals surface area contributed by atoms with Gasteiger partial charge in [-0.3, -0.25) is 0 Å². The molecule has 8 heteroatoms. The number of anilines is 1. The Morgan fingerprint density at radius 3 is 2.96 bits per heavy atom. The summed E-state index contributed by atoms with van der Waals surface area (Å²) in [7, 11) is -3.23. The van der Waals surface area contributed by atoms with Crippen molar-refractivity contribution in [2.24, 2.45) is 5.41 Å². The number of piperidine rings is 1. The highest BCUT2D eigenvalue weighted by molar-refractivity contribution is 7.89. The molecule has 3 rings (SSSR count). The van der Waals surface area contributed by atoms with Crippen molar-refractivity contribution in [3.63, 3.8) is 0 Å². The summed E-state index contributed by atoms with van der Waals surface area (Å²) < 4.78 is 46.0. The van der Waals surface area contributed by atoms with Gasteiger partial charge in [0.15, 0.2) is 11.6 Å². The fraction of sp³-hybridized carbons (Fsp3) is 0.688. The minimum atomic E-state index is -3.23. The Hall–Kier alpha value is -1.25. The van der Waals surface area contributed by atoms with Crippen LogP contribution >= 0.6 is 0 Å². The van der Waals surface area contributed by atoms with Gasteiger partial charge in [0, 0.05) is 37.8 Å². The monoisotopic (exact) mass is 357 g/mol. The zero-order chi connectivity index (χ0) is 17.2. The number of sulfonamides is 1. The summed E-state index contributed by atoms with van der Waals surface area (Å²) in [5.41, 5.74) is -0.319. The fourth-order valence-electron chi connectivity index (χ4n) is 3.61. The van der Waals surface area contributed by atoms with E-state index in [1.54, 1.807) is 23.5 Å². The van der Waals surface area contributed by atoms with E-state index in [4.69, 9.17) is 4.74 Å². The highest BCUT2D eigenvalue weighted by atomic mass is 32.2. The van der Waals surface area contributed by atoms with Gasteiger partial charge in [0.25, 0.3) is 0 Å². The minimum Gasteiger partial charge on any atom is -0.379 e. The van der Waals surface area contributed by atoms with E-state index >= 15 is 0 Å². The molecular weight excluding hydrogens is 333 g/mol. The van der Waals surface area contributed by atoms with Crippen LogP contribution in [-0.2, 0) is 14.8 Å². The van der Waals surface area contributed by atoms with Crippen molar-refractivity contribution in [2.75, 3.05) is 50.0 Å². The van der Waals surface area contributed by atoms with E-state index in [-0.39, 0.29) is 17.0 Å². The fourth-order valence-corrected chi connectivity index (χ4v) is 4.86. The summed E-state index contributed by atoms with van der Waals surface area (Å²) in [6, 6.07) is 2.97. The predicted octanol–water partition coefficient (Wildman–Crippen LogP) is 1.49. The van der Waals surface area contributed by atoms with Crippen LogP contribution < -0.4 is 4.90 Å². The normalized spacial score (nSPS) is 26.5. The third-order valence-electron chi connectivity index (χ3n) is 4.86. The maximum atomic E-state index is 14.1. The van der Waals surface area contributed by atoms with E-state index in [9.17, 15) is 12.8 Å². The molecule has 24 heavy (non-hydrogen) atoms. The average Bonchev–Trinajstić information content (AvgIpc) is 2.78. The summed E-state index contributed by atoms with van der Waals surface area (Å²) in [5.74, 6) is 0.0592. The van der Waals surface area contributed by atoms with Crippen molar-refractivity contribution in [1.82, 2.24) is 9.29 Å². The zero-order valence-electron chi connectivity index (χ0n) is 13.9. The first-order chi connectivity index (χ1) is 11.5. The lowest BCUT2D eigenvalue weighted by Crippen LogP contribution is -2.52. The van der Waals surface area contributed by atoms with Gasteiger partial charge in [-0.25, -0.2) is 22.1 Å². The molecule has 0 aliphatic carbocycles. The van der Waals surface area contributed by atoms with Crippen LogP contribution in [0.25, 0.3) is 0 Å². The van der Waals surface area contributed by atoms with Crippen LogP contribution in [-0.4, -0.2) is 62.9 Å². The molecular formula is C16H24FN3O3S. The van der Waals surface area contributed by atoms with E-state index in [2.05, 4.69) is 4.98 Å². The molecule has 6 nitrogen and oxygen atoms in total. The molecule has 1 spiro atoms. The van der Waals surface area contributed by atoms with Crippen LogP contribution in [0, 0.1) is 11.2 Å². The molecule has 2 aliphatic rings. The van der Waals surface area contributed by atoms with Gasteiger partial charge >= 0.3 is 0 Å². The van der Waals surface area contributed by atoms with Crippen LogP contribution in [0.5, 0.6) is 0 Å². The molecule has 134 valence electrons. The maximum Gasteiger partial charge on any atom is 0.213 e. The van der Waals surface area contributed by atoms with Crippen LogP contribution in [0.2, 0.25) is 0 Å². The Bertz CT molecular complexity index is 685. The highest BCUT2D eigenvalue weighted by Gasteiger charge is 2.42. The molecule has 2 saturated heterocycles. The average molecular weight is 357 g/mol. The number of hydrogen-bond donors (Lipinski definition) is 0. The van der Waals surface area contributed by atoms with Crippen molar-refractivity contribution in [2.45, 2.75) is 19.8 Å². The third kappa shape index (κ3) is 3.55. The van der Waals surface area contributed by atoms with Gasteiger partial charge < -0.3 is 9.64 Å². The van der Waals surface area contributed by atoms with Crippen LogP contribution in [0.4, 0.5) is 10.2 Å². The highest BCUT2D eigenvalue weighted by Crippen LogP contribution is 2.35. The van der Waals surface area contributed by atoms with Gasteiger partial charge in [-0.1, -0.05) is 0 Å². The molecule has 1 atom stereocenters. The number of hydrogen-bond acceptors (Lipinski definition) is 5. The van der Waals surface area contributed by atoms with Gasteiger partial charge in [-0.05, 0) is 31.9 Å². The van der Waals surface area contributed by atoms with Crippen molar-refractivity contribution >= 4 is 15.8 Å². The minimum absolute atomic E-state index is 0.0997. The van der Waals surface area contributed by atoms with E-state index in [1.165, 1.54) is 6.07 Å². The first-order valence-electron chi connectivity index (χ1n) is 8.37. The van der Waals surface area contributed by atoms with E-state index in [0.717, 1.165) is 12.8 Å². The molecule has 2 aliphatic heterocycles. The lowest BCUT2D eigenvalue weighted by atomic mass is 9.81. The Kier molecular flexibility index (Phi) is 5.08. The third-order valence-corrected chi connectivity index (χ3v) is 6.69. The first-order valence-corrected chi connectivity index (χ1v) is 9.98. The summed E-state index contributed by atoms with van der Waals surface area (Å²) >= 11 is 0. The molecule has 0 radical (unpaired) electrons. The van der Waals surface area contributed by atoms with Crippen molar-refractivity contribution in [1.29, 1.82) is 0 Å². The number of aromatic nitrogens is 1. The predicted molar refractivity (Wildman–Crippen MR) is 89.9 cm³/mol. The molecule has 0 aromatic carbocycles. The molecule has 0 saturated carbocycles. The molecule has 1 aromatic rings. The lowest BCUT2D eigenvalue weighted by molar-refractivity contribution is 0.0350. The number of ether oxygens (including phenoxy) is 1. The first kappa shape index (κ1) is 17.6. The molecule has 1 aromatic heterocycles. The van der Waals surface area contributed by atoms with Gasteiger partial charge in [0.05, 0.1) is 19.0 Å². The molecule has 2 fully saturated rings. The lowest BCUT2D eigenvalue weighted by Gasteiger charge is -2.43. The topological polar surface area (TPSA) is 62.7 Å². The smallest absolute Gasteiger partial charge is 0.213 e. The Labute approximate surface area is 142 Å². The van der Waals surface area contributed by atoms with E-state index in [0.29, 0.717) is 45.2 Å². The molecule has 0 N–H and O–H groups in total. The summed E-state index contributed by atoms with van der Waals surface area (Å²) in [4.78, 5) is 6.06. The quantitative estimate of drug-likeness (QED) is 0.820. The summed E-state index contributed by atoms with van der Waals surface area (Å²) in [6.45, 7) is 4.72. The largest absolute Gasteiger partial charge is 0.379 e. The van der Waals surface area contributed by atoms with Gasteiger partial charge in [0.2, 0.25) is 10.0 Å². The second kappa shape index (κ2) is 6.93. The van der Waals surface area contributed by atoms with Crippen LogP contribution in [0.1, 0.15) is 19.8 Å². The number of rotatable bonds is 3. The van der Waals surface area contributed by atoms with Gasteiger partial charge in [0.1, 0.15) is 0 Å². The zero-order valence-corrected chi connectivity index (χ0v) is 14.8. The van der Waals surface area contributed by atoms with Gasteiger partial charge in [-0.2, -0.15) is 0 Å². The summed E-state index contributed by atoms with van der Waals surface area (Å²) in [6.07, 6.45) is 3.24. The van der Waals surface area contributed by atoms with Crippen LogP contribution in [0.3, 0.4) is 0 Å². The summed E-state index contributed by atoms with van der Waals surface area (Å²) in [5, 5.41) is 0. The Morgan fingerprint density at radius 2 is 2.21 bits per heavy atom. The second-order valence-corrected chi connectivity index (χ2v) is 8.88. The van der Waals surface area contributed by atoms with Crippen molar-refractivity contribution in [3.05, 3.63) is 24.1 Å². The van der Waals surface area contributed by atoms with E-state index < -0.39 is 10.0 Å². The molecule has 0 bridgehead atoms.